The fourth-order valence-electron chi connectivity index (χ4n) is 3.85. The van der Waals surface area contributed by atoms with Crippen molar-refractivity contribution < 1.29 is 0 Å². The summed E-state index contributed by atoms with van der Waals surface area (Å²) in [4.78, 5) is 0. The van der Waals surface area contributed by atoms with Gasteiger partial charge in [-0.3, -0.25) is 0 Å². The Morgan fingerprint density at radius 1 is 1.39 bits per heavy atom. The molecule has 0 spiro atoms. The Morgan fingerprint density at radius 2 is 2.22 bits per heavy atom. The molecule has 2 fully saturated rings. The van der Waals surface area contributed by atoms with Gasteiger partial charge in [0.1, 0.15) is 0 Å². The van der Waals surface area contributed by atoms with Crippen LogP contribution in [0, 0.1) is 11.3 Å². The molecule has 2 aliphatic carbocycles. The molecule has 2 atom stereocenters. The van der Waals surface area contributed by atoms with E-state index in [0.717, 1.165) is 41.9 Å². The van der Waals surface area contributed by atoms with Gasteiger partial charge in [0, 0.05) is 17.0 Å². The maximum Gasteiger partial charge on any atom is 0.0550 e. The zero-order valence-electron chi connectivity index (χ0n) is 10.7. The molecular formula is C15H19Cl2N. The summed E-state index contributed by atoms with van der Waals surface area (Å²) in [6.07, 6.45) is 8.88. The largest absolute Gasteiger partial charge is 0.316 e. The molecule has 18 heavy (non-hydrogen) atoms. The highest BCUT2D eigenvalue weighted by molar-refractivity contribution is 6.40. The zero-order chi connectivity index (χ0) is 12.8. The van der Waals surface area contributed by atoms with E-state index >= 15 is 0 Å². The minimum Gasteiger partial charge on any atom is -0.316 e. The number of rotatable bonds is 1. The molecule has 1 N–H and O–H groups in total. The molecule has 0 amide bonds. The summed E-state index contributed by atoms with van der Waals surface area (Å²) in [6.45, 7) is 4.41. The first-order chi connectivity index (χ1) is 8.65. The van der Waals surface area contributed by atoms with Crippen molar-refractivity contribution in [3.63, 3.8) is 0 Å². The summed E-state index contributed by atoms with van der Waals surface area (Å²) in [6, 6.07) is 0. The van der Waals surface area contributed by atoms with Crippen molar-refractivity contribution in [3.8, 4) is 0 Å². The van der Waals surface area contributed by atoms with E-state index in [0.29, 0.717) is 5.41 Å². The predicted molar refractivity (Wildman–Crippen MR) is 77.8 cm³/mol. The molecule has 3 aliphatic rings. The van der Waals surface area contributed by atoms with Gasteiger partial charge < -0.3 is 5.32 Å². The molecule has 1 saturated carbocycles. The topological polar surface area (TPSA) is 12.0 Å². The Morgan fingerprint density at radius 3 is 2.94 bits per heavy atom. The third kappa shape index (κ3) is 1.88. The van der Waals surface area contributed by atoms with Gasteiger partial charge in [0.25, 0.3) is 0 Å². The molecular weight excluding hydrogens is 265 g/mol. The minimum atomic E-state index is 0.319. The maximum atomic E-state index is 6.23. The van der Waals surface area contributed by atoms with E-state index in [-0.39, 0.29) is 0 Å². The van der Waals surface area contributed by atoms with Crippen LogP contribution in [0.1, 0.15) is 32.6 Å². The summed E-state index contributed by atoms with van der Waals surface area (Å²) in [5, 5.41) is 5.15. The van der Waals surface area contributed by atoms with E-state index in [1.54, 1.807) is 5.57 Å². The second-order valence-corrected chi connectivity index (χ2v) is 6.60. The molecule has 1 saturated heterocycles. The second-order valence-electron chi connectivity index (χ2n) is 5.73. The van der Waals surface area contributed by atoms with Crippen LogP contribution in [-0.2, 0) is 0 Å². The number of nitrogens with one attached hydrogen (secondary N) is 1. The average molecular weight is 284 g/mol. The number of hydrogen-bond donors (Lipinski definition) is 1. The van der Waals surface area contributed by atoms with E-state index in [9.17, 15) is 0 Å². The predicted octanol–water partition coefficient (Wildman–Crippen LogP) is 4.34. The van der Waals surface area contributed by atoms with E-state index in [1.165, 1.54) is 18.4 Å². The van der Waals surface area contributed by atoms with Crippen molar-refractivity contribution in [3.05, 3.63) is 33.4 Å². The molecule has 98 valence electrons. The van der Waals surface area contributed by atoms with E-state index in [2.05, 4.69) is 24.4 Å². The maximum absolute atomic E-state index is 6.23. The SMILES string of the molecule is CC=C1CC2CNCC2(C2=CC(Cl)=C(Cl)CC2)C1. The van der Waals surface area contributed by atoms with Gasteiger partial charge in [-0.2, -0.15) is 0 Å². The monoisotopic (exact) mass is 283 g/mol. The van der Waals surface area contributed by atoms with E-state index < -0.39 is 0 Å². The van der Waals surface area contributed by atoms with Gasteiger partial charge >= 0.3 is 0 Å². The summed E-state index contributed by atoms with van der Waals surface area (Å²) < 4.78 is 0. The molecule has 0 aromatic carbocycles. The van der Waals surface area contributed by atoms with Crippen LogP contribution in [0.25, 0.3) is 0 Å². The molecule has 3 heteroatoms. The van der Waals surface area contributed by atoms with Crippen LogP contribution in [0.4, 0.5) is 0 Å². The highest BCUT2D eigenvalue weighted by Crippen LogP contribution is 2.55. The fourth-order valence-corrected chi connectivity index (χ4v) is 4.22. The van der Waals surface area contributed by atoms with Crippen LogP contribution in [0.3, 0.4) is 0 Å². The first kappa shape index (κ1) is 12.8. The molecule has 1 nitrogen and oxygen atoms in total. The number of fused-ring (bicyclic) bond motifs is 1. The van der Waals surface area contributed by atoms with Gasteiger partial charge in [-0.25, -0.2) is 0 Å². The summed E-state index contributed by atoms with van der Waals surface area (Å²) in [5.74, 6) is 0.747. The number of hydrogen-bond acceptors (Lipinski definition) is 1. The average Bonchev–Trinajstić information content (AvgIpc) is 2.89. The van der Waals surface area contributed by atoms with Crippen molar-refractivity contribution >= 4 is 23.2 Å². The molecule has 1 aliphatic heterocycles. The van der Waals surface area contributed by atoms with Crippen molar-refractivity contribution in [1.29, 1.82) is 0 Å². The lowest BCUT2D eigenvalue weighted by atomic mass is 9.71. The highest BCUT2D eigenvalue weighted by Gasteiger charge is 2.50. The third-order valence-corrected chi connectivity index (χ3v) is 5.71. The van der Waals surface area contributed by atoms with Gasteiger partial charge in [-0.05, 0) is 51.1 Å². The molecule has 3 rings (SSSR count). The van der Waals surface area contributed by atoms with Gasteiger partial charge in [-0.15, -0.1) is 0 Å². The minimum absolute atomic E-state index is 0.319. The van der Waals surface area contributed by atoms with Crippen LogP contribution < -0.4 is 5.32 Å². The molecule has 0 bridgehead atoms. The van der Waals surface area contributed by atoms with Gasteiger partial charge in [0.2, 0.25) is 0 Å². The van der Waals surface area contributed by atoms with Crippen LogP contribution in [-0.4, -0.2) is 13.1 Å². The Labute approximate surface area is 119 Å². The Hall–Kier alpha value is -0.240. The smallest absolute Gasteiger partial charge is 0.0550 e. The van der Waals surface area contributed by atoms with Crippen molar-refractivity contribution in [2.45, 2.75) is 32.6 Å². The lowest BCUT2D eigenvalue weighted by molar-refractivity contribution is 0.325. The quantitative estimate of drug-likeness (QED) is 0.706. The Bertz CT molecular complexity index is 461. The number of allylic oxidation sites excluding steroid dienone is 5. The Balaban J connectivity index is 1.97. The molecule has 2 unspecified atom stereocenters. The Kier molecular flexibility index (Phi) is 3.34. The summed E-state index contributed by atoms with van der Waals surface area (Å²) in [7, 11) is 0. The molecule has 1 heterocycles. The van der Waals surface area contributed by atoms with Gasteiger partial charge in [0.15, 0.2) is 0 Å². The standard InChI is InChI=1S/C15H19Cl2N/c1-2-10-5-12-8-18-9-15(12,7-10)11-3-4-13(16)14(17)6-11/h2,6,12,18H,3-5,7-9H2,1H3. The van der Waals surface area contributed by atoms with Crippen LogP contribution in [0.2, 0.25) is 0 Å². The van der Waals surface area contributed by atoms with E-state index in [4.69, 9.17) is 23.2 Å². The highest BCUT2D eigenvalue weighted by atomic mass is 35.5. The summed E-state index contributed by atoms with van der Waals surface area (Å²) in [5.41, 5.74) is 3.45. The van der Waals surface area contributed by atoms with Crippen LogP contribution in [0.5, 0.6) is 0 Å². The lowest BCUT2D eigenvalue weighted by Crippen LogP contribution is -2.29. The first-order valence-corrected chi connectivity index (χ1v) is 7.51. The summed E-state index contributed by atoms with van der Waals surface area (Å²) >= 11 is 12.3. The van der Waals surface area contributed by atoms with Crippen molar-refractivity contribution in [1.82, 2.24) is 5.32 Å². The third-order valence-electron chi connectivity index (χ3n) is 4.89. The van der Waals surface area contributed by atoms with Crippen molar-refractivity contribution in [2.24, 2.45) is 11.3 Å². The zero-order valence-corrected chi connectivity index (χ0v) is 12.2. The van der Waals surface area contributed by atoms with Crippen LogP contribution >= 0.6 is 23.2 Å². The van der Waals surface area contributed by atoms with Crippen LogP contribution in [0.15, 0.2) is 33.4 Å². The normalized spacial score (nSPS) is 38.3. The van der Waals surface area contributed by atoms with Crippen molar-refractivity contribution in [2.75, 3.05) is 13.1 Å². The van der Waals surface area contributed by atoms with Gasteiger partial charge in [-0.1, -0.05) is 40.4 Å². The lowest BCUT2D eigenvalue weighted by Gasteiger charge is -2.33. The molecule has 0 aromatic heterocycles. The second kappa shape index (κ2) is 4.70. The first-order valence-electron chi connectivity index (χ1n) is 6.75. The van der Waals surface area contributed by atoms with E-state index in [1.807, 2.05) is 0 Å². The number of halogens is 2. The fraction of sp³-hybridized carbons (Fsp3) is 0.600. The molecule has 0 radical (unpaired) electrons. The molecule has 0 aromatic rings. The van der Waals surface area contributed by atoms with Gasteiger partial charge in [0.05, 0.1) is 5.03 Å².